The van der Waals surface area contributed by atoms with E-state index in [1.165, 1.54) is 30.5 Å². The molecule has 4 rings (SSSR count). The van der Waals surface area contributed by atoms with E-state index in [-0.39, 0.29) is 17.3 Å². The highest BCUT2D eigenvalue weighted by atomic mass is 32.2. The number of hydrogen-bond acceptors (Lipinski definition) is 5. The van der Waals surface area contributed by atoms with Gasteiger partial charge in [0.1, 0.15) is 12.3 Å². The third-order valence-corrected chi connectivity index (χ3v) is 8.21. The summed E-state index contributed by atoms with van der Waals surface area (Å²) in [5.74, 6) is 0.216. The van der Waals surface area contributed by atoms with E-state index in [0.29, 0.717) is 24.6 Å². The van der Waals surface area contributed by atoms with Gasteiger partial charge in [0.05, 0.1) is 17.2 Å². The lowest BCUT2D eigenvalue weighted by Gasteiger charge is -2.24. The molecule has 1 heterocycles. The molecule has 0 bridgehead atoms. The minimum absolute atomic E-state index is 0.0962. The van der Waals surface area contributed by atoms with Crippen LogP contribution in [0.25, 0.3) is 0 Å². The largest absolute Gasteiger partial charge is 0.494 e. The van der Waals surface area contributed by atoms with Crippen LogP contribution in [0.5, 0.6) is 5.75 Å². The zero-order valence-electron chi connectivity index (χ0n) is 21.5. The Balaban J connectivity index is 1.48. The quantitative estimate of drug-likeness (QED) is 0.402. The molecule has 3 aromatic carbocycles. The van der Waals surface area contributed by atoms with Crippen LogP contribution in [0.2, 0.25) is 0 Å². The second-order valence-electron chi connectivity index (χ2n) is 9.33. The summed E-state index contributed by atoms with van der Waals surface area (Å²) < 4.78 is 33.8. The van der Waals surface area contributed by atoms with Crippen LogP contribution in [-0.4, -0.2) is 45.5 Å². The molecule has 7 nitrogen and oxygen atoms in total. The Kier molecular flexibility index (Phi) is 8.84. The molecule has 1 amide bonds. The van der Waals surface area contributed by atoms with Gasteiger partial charge in [-0.15, -0.1) is 0 Å². The van der Waals surface area contributed by atoms with Crippen molar-refractivity contribution in [2.24, 2.45) is 0 Å². The molecule has 196 valence electrons. The second kappa shape index (κ2) is 12.3. The van der Waals surface area contributed by atoms with Crippen LogP contribution < -0.4 is 14.4 Å². The van der Waals surface area contributed by atoms with Gasteiger partial charge < -0.3 is 10.1 Å². The lowest BCUT2D eigenvalue weighted by atomic mass is 10.1. The number of nitrogens with one attached hydrogen (secondary N) is 1. The summed E-state index contributed by atoms with van der Waals surface area (Å²) in [5, 5.41) is 2.90. The van der Waals surface area contributed by atoms with E-state index >= 15 is 0 Å². The summed E-state index contributed by atoms with van der Waals surface area (Å²) in [6.07, 6.45) is 2.49. The molecule has 0 aromatic heterocycles. The number of hydrogen-bond donors (Lipinski definition) is 1. The smallest absolute Gasteiger partial charge is 0.264 e. The summed E-state index contributed by atoms with van der Waals surface area (Å²) in [5.41, 5.74) is 3.64. The monoisotopic (exact) mass is 521 g/mol. The van der Waals surface area contributed by atoms with Crippen LogP contribution in [0.4, 0.5) is 5.69 Å². The molecular weight excluding hydrogens is 486 g/mol. The first-order valence-corrected chi connectivity index (χ1v) is 14.2. The van der Waals surface area contributed by atoms with Gasteiger partial charge in [0.15, 0.2) is 0 Å². The zero-order valence-corrected chi connectivity index (χ0v) is 22.3. The topological polar surface area (TPSA) is 79.0 Å². The predicted molar refractivity (Wildman–Crippen MR) is 146 cm³/mol. The molecule has 8 heteroatoms. The highest BCUT2D eigenvalue weighted by Gasteiger charge is 2.27. The van der Waals surface area contributed by atoms with Crippen molar-refractivity contribution in [3.8, 4) is 5.75 Å². The van der Waals surface area contributed by atoms with Gasteiger partial charge in [0, 0.05) is 13.1 Å². The summed E-state index contributed by atoms with van der Waals surface area (Å²) >= 11 is 0. The van der Waals surface area contributed by atoms with Crippen LogP contribution >= 0.6 is 0 Å². The van der Waals surface area contributed by atoms with Gasteiger partial charge in [-0.25, -0.2) is 8.42 Å². The number of sulfonamides is 1. The molecule has 0 aliphatic carbocycles. The number of nitrogens with zero attached hydrogens (tertiary/aromatic N) is 2. The minimum Gasteiger partial charge on any atom is -0.494 e. The van der Waals surface area contributed by atoms with Crippen molar-refractivity contribution in [2.45, 2.75) is 44.7 Å². The van der Waals surface area contributed by atoms with E-state index in [0.717, 1.165) is 35.1 Å². The number of carbonyl (C=O) groups excluding carboxylic acids is 1. The van der Waals surface area contributed by atoms with E-state index in [2.05, 4.69) is 22.3 Å². The molecule has 1 saturated heterocycles. The first-order valence-electron chi connectivity index (χ1n) is 12.7. The van der Waals surface area contributed by atoms with Crippen molar-refractivity contribution < 1.29 is 17.9 Å². The van der Waals surface area contributed by atoms with Crippen molar-refractivity contribution in [1.82, 2.24) is 10.2 Å². The second-order valence-corrected chi connectivity index (χ2v) is 11.2. The molecule has 1 aliphatic rings. The van der Waals surface area contributed by atoms with E-state index in [1.807, 2.05) is 38.1 Å². The molecule has 1 fully saturated rings. The van der Waals surface area contributed by atoms with E-state index in [4.69, 9.17) is 4.74 Å². The highest BCUT2D eigenvalue weighted by Crippen LogP contribution is 2.25. The summed E-state index contributed by atoms with van der Waals surface area (Å²) in [7, 11) is -3.99. The third-order valence-electron chi connectivity index (χ3n) is 6.42. The molecule has 0 radical (unpaired) electrons. The van der Waals surface area contributed by atoms with Gasteiger partial charge >= 0.3 is 0 Å². The Morgan fingerprint density at radius 3 is 2.32 bits per heavy atom. The summed E-state index contributed by atoms with van der Waals surface area (Å²) in [6, 6.07) is 21.5. The third kappa shape index (κ3) is 7.11. The lowest BCUT2D eigenvalue weighted by Crippen LogP contribution is -2.40. The van der Waals surface area contributed by atoms with Gasteiger partial charge in [0.2, 0.25) is 5.91 Å². The number of likely N-dealkylation sites (tertiary alicyclic amines) is 1. The van der Waals surface area contributed by atoms with Crippen LogP contribution in [0, 0.1) is 6.92 Å². The Morgan fingerprint density at radius 1 is 0.973 bits per heavy atom. The number of benzene rings is 3. The number of ether oxygens (including phenoxy) is 1. The fourth-order valence-electron chi connectivity index (χ4n) is 4.45. The first kappa shape index (κ1) is 26.7. The van der Waals surface area contributed by atoms with Crippen LogP contribution in [0.1, 0.15) is 36.5 Å². The van der Waals surface area contributed by atoms with E-state index in [1.54, 1.807) is 24.3 Å². The number of aryl methyl sites for hydroxylation is 1. The number of rotatable bonds is 11. The van der Waals surface area contributed by atoms with Gasteiger partial charge in [-0.05, 0) is 87.3 Å². The zero-order chi connectivity index (χ0) is 26.3. The predicted octanol–water partition coefficient (Wildman–Crippen LogP) is 4.50. The Bertz CT molecular complexity index is 1290. The highest BCUT2D eigenvalue weighted by molar-refractivity contribution is 7.92. The lowest BCUT2D eigenvalue weighted by molar-refractivity contribution is -0.119. The molecule has 1 aliphatic heterocycles. The van der Waals surface area contributed by atoms with E-state index in [9.17, 15) is 13.2 Å². The maximum Gasteiger partial charge on any atom is 0.264 e. The average molecular weight is 522 g/mol. The first-order chi connectivity index (χ1) is 17.8. The van der Waals surface area contributed by atoms with Gasteiger partial charge in [-0.1, -0.05) is 42.0 Å². The van der Waals surface area contributed by atoms with Crippen molar-refractivity contribution >= 4 is 21.6 Å². The molecule has 1 N–H and O–H groups in total. The van der Waals surface area contributed by atoms with Crippen molar-refractivity contribution in [3.05, 3.63) is 89.5 Å². The minimum atomic E-state index is -3.99. The van der Waals surface area contributed by atoms with Crippen molar-refractivity contribution in [3.63, 3.8) is 0 Å². The normalized spacial score (nSPS) is 13.9. The van der Waals surface area contributed by atoms with Gasteiger partial charge in [-0.2, -0.15) is 0 Å². The molecular formula is C29H35N3O4S. The van der Waals surface area contributed by atoms with Gasteiger partial charge in [-0.3, -0.25) is 14.0 Å². The standard InChI is InChI=1S/C29H35N3O4S/c1-3-36-27-13-15-28(16-14-27)37(34,35)32(26-11-9-23(2)10-12-26)22-29(33)30-20-24-7-6-8-25(19-24)21-31-17-4-5-18-31/h6-16,19H,3-5,17-18,20-22H2,1-2H3,(H,30,33). The molecule has 0 spiro atoms. The molecule has 0 unspecified atom stereocenters. The molecule has 3 aromatic rings. The number of anilines is 1. The van der Waals surface area contributed by atoms with Gasteiger partial charge in [0.25, 0.3) is 10.0 Å². The summed E-state index contributed by atoms with van der Waals surface area (Å²) in [6.45, 7) is 7.44. The summed E-state index contributed by atoms with van der Waals surface area (Å²) in [4.78, 5) is 15.5. The van der Waals surface area contributed by atoms with Crippen LogP contribution in [0.15, 0.2) is 77.7 Å². The van der Waals surface area contributed by atoms with Crippen LogP contribution in [-0.2, 0) is 27.9 Å². The maximum atomic E-state index is 13.6. The molecule has 0 atom stereocenters. The Hall–Kier alpha value is -3.36. The molecule has 37 heavy (non-hydrogen) atoms. The fraction of sp³-hybridized carbons (Fsp3) is 0.345. The van der Waals surface area contributed by atoms with E-state index < -0.39 is 10.0 Å². The SMILES string of the molecule is CCOc1ccc(S(=O)(=O)N(CC(=O)NCc2cccc(CN3CCCC3)c2)c2ccc(C)cc2)cc1. The molecule has 0 saturated carbocycles. The Labute approximate surface area is 220 Å². The average Bonchev–Trinajstić information content (AvgIpc) is 3.40. The number of amides is 1. The van der Waals surface area contributed by atoms with Crippen molar-refractivity contribution in [2.75, 3.05) is 30.5 Å². The maximum absolute atomic E-state index is 13.6. The Morgan fingerprint density at radius 2 is 1.65 bits per heavy atom. The van der Waals surface area contributed by atoms with Crippen LogP contribution in [0.3, 0.4) is 0 Å². The van der Waals surface area contributed by atoms with Crippen molar-refractivity contribution in [1.29, 1.82) is 0 Å². The fourth-order valence-corrected chi connectivity index (χ4v) is 5.87. The number of carbonyl (C=O) groups is 1.